The molecule has 0 aliphatic carbocycles. The first-order valence-electron chi connectivity index (χ1n) is 8.35. The van der Waals surface area contributed by atoms with Crippen molar-refractivity contribution in [1.29, 1.82) is 0 Å². The van der Waals surface area contributed by atoms with Crippen LogP contribution >= 0.6 is 0 Å². The maximum atomic E-state index is 11.3. The van der Waals surface area contributed by atoms with Crippen LogP contribution in [0.5, 0.6) is 0 Å². The lowest BCUT2D eigenvalue weighted by molar-refractivity contribution is 0.598. The first-order valence-corrected chi connectivity index (χ1v) is 9.90. The number of benzene rings is 2. The highest BCUT2D eigenvalue weighted by molar-refractivity contribution is 7.89. The molecular weight excluding hydrogens is 362 g/mol. The van der Waals surface area contributed by atoms with Crippen LogP contribution in [0.3, 0.4) is 0 Å². The molecule has 0 fully saturated rings. The summed E-state index contributed by atoms with van der Waals surface area (Å²) >= 11 is 0. The molecule has 2 N–H and O–H groups in total. The van der Waals surface area contributed by atoms with Gasteiger partial charge >= 0.3 is 0 Å². The molecule has 27 heavy (non-hydrogen) atoms. The molecule has 0 aliphatic heterocycles. The van der Waals surface area contributed by atoms with Gasteiger partial charge in [0, 0.05) is 0 Å². The van der Waals surface area contributed by atoms with E-state index in [-0.39, 0.29) is 4.90 Å². The second kappa shape index (κ2) is 7.05. The first-order chi connectivity index (χ1) is 12.7. The number of sulfonamides is 1. The van der Waals surface area contributed by atoms with Gasteiger partial charge in [-0.25, -0.2) is 18.2 Å². The number of nitrogens with two attached hydrogens (primary N) is 1. The molecule has 3 aromatic rings. The van der Waals surface area contributed by atoms with Crippen molar-refractivity contribution in [3.8, 4) is 5.69 Å². The normalized spacial score (nSPS) is 12.0. The number of hydrogen-bond donors (Lipinski definition) is 1. The number of primary sulfonamides is 1. The third-order valence-electron chi connectivity index (χ3n) is 4.42. The van der Waals surface area contributed by atoms with Crippen LogP contribution in [0.4, 0.5) is 11.4 Å². The van der Waals surface area contributed by atoms with Crippen LogP contribution in [0, 0.1) is 27.7 Å². The molecule has 0 amide bonds. The van der Waals surface area contributed by atoms with Gasteiger partial charge in [0.05, 0.1) is 27.7 Å². The molecule has 0 spiro atoms. The van der Waals surface area contributed by atoms with Gasteiger partial charge in [0.1, 0.15) is 5.69 Å². The molecular formula is C19H21N5O2S. The van der Waals surface area contributed by atoms with Crippen molar-refractivity contribution in [3.63, 3.8) is 0 Å². The van der Waals surface area contributed by atoms with Crippen LogP contribution in [0.15, 0.2) is 57.6 Å². The quantitative estimate of drug-likeness (QED) is 0.684. The Morgan fingerprint density at radius 2 is 1.59 bits per heavy atom. The van der Waals surface area contributed by atoms with E-state index >= 15 is 0 Å². The highest BCUT2D eigenvalue weighted by Gasteiger charge is 2.13. The first kappa shape index (κ1) is 18.9. The van der Waals surface area contributed by atoms with Crippen LogP contribution < -0.4 is 5.14 Å². The fourth-order valence-corrected chi connectivity index (χ4v) is 3.21. The molecule has 0 aliphatic rings. The lowest BCUT2D eigenvalue weighted by atomic mass is 10.1. The Morgan fingerprint density at radius 3 is 2.19 bits per heavy atom. The van der Waals surface area contributed by atoms with Gasteiger partial charge in [-0.2, -0.15) is 10.2 Å². The fourth-order valence-electron chi connectivity index (χ4n) is 2.70. The highest BCUT2D eigenvalue weighted by Crippen LogP contribution is 2.28. The van der Waals surface area contributed by atoms with Gasteiger partial charge in [-0.1, -0.05) is 6.07 Å². The summed E-state index contributed by atoms with van der Waals surface area (Å²) in [5, 5.41) is 18.2. The van der Waals surface area contributed by atoms with Gasteiger partial charge in [-0.05, 0) is 75.2 Å². The van der Waals surface area contributed by atoms with Crippen molar-refractivity contribution >= 4 is 21.4 Å². The maximum Gasteiger partial charge on any atom is 0.238 e. The molecule has 7 nitrogen and oxygen atoms in total. The number of nitrogens with zero attached hydrogens (tertiary/aromatic N) is 4. The molecule has 3 rings (SSSR count). The second-order valence-electron chi connectivity index (χ2n) is 6.44. The summed E-state index contributed by atoms with van der Waals surface area (Å²) in [6, 6.07) is 12.1. The van der Waals surface area contributed by atoms with E-state index in [2.05, 4.69) is 41.3 Å². The lowest BCUT2D eigenvalue weighted by Crippen LogP contribution is -2.11. The molecule has 0 saturated heterocycles. The average molecular weight is 383 g/mol. The molecule has 1 aromatic heterocycles. The van der Waals surface area contributed by atoms with Crippen molar-refractivity contribution in [2.75, 3.05) is 0 Å². The van der Waals surface area contributed by atoms with E-state index in [1.807, 2.05) is 24.6 Å². The summed E-state index contributed by atoms with van der Waals surface area (Å²) in [7, 11) is -3.72. The van der Waals surface area contributed by atoms with Crippen molar-refractivity contribution in [2.45, 2.75) is 32.6 Å². The lowest BCUT2D eigenvalue weighted by Gasteiger charge is -2.07. The minimum atomic E-state index is -3.72. The predicted octanol–water partition coefficient (Wildman–Crippen LogP) is 4.17. The Balaban J connectivity index is 1.93. The van der Waals surface area contributed by atoms with Gasteiger partial charge in [0.25, 0.3) is 0 Å². The van der Waals surface area contributed by atoms with Crippen LogP contribution in [0.2, 0.25) is 0 Å². The largest absolute Gasteiger partial charge is 0.238 e. The molecule has 0 unspecified atom stereocenters. The van der Waals surface area contributed by atoms with Crippen LogP contribution in [0.25, 0.3) is 5.69 Å². The standard InChI is InChI=1S/C19H21N5O2S/c1-12-5-8-17(11-13(12)2)24-15(4)19(14(3)23-24)22-21-16-6-9-18(10-7-16)27(20,25)26/h5-11H,1-4H3,(H2,20,25,26). The van der Waals surface area contributed by atoms with Crippen molar-refractivity contribution in [3.05, 3.63) is 65.0 Å². The van der Waals surface area contributed by atoms with E-state index in [1.54, 1.807) is 12.1 Å². The van der Waals surface area contributed by atoms with Crippen molar-refractivity contribution in [1.82, 2.24) is 9.78 Å². The van der Waals surface area contributed by atoms with Gasteiger partial charge in [-0.15, -0.1) is 5.11 Å². The smallest absolute Gasteiger partial charge is 0.236 e. The molecule has 140 valence electrons. The predicted molar refractivity (Wildman–Crippen MR) is 105 cm³/mol. The molecule has 2 aromatic carbocycles. The maximum absolute atomic E-state index is 11.3. The highest BCUT2D eigenvalue weighted by atomic mass is 32.2. The Morgan fingerprint density at radius 1 is 0.926 bits per heavy atom. The minimum Gasteiger partial charge on any atom is -0.236 e. The summed E-state index contributed by atoms with van der Waals surface area (Å²) in [6.07, 6.45) is 0. The Kier molecular flexibility index (Phi) is 4.95. The number of aromatic nitrogens is 2. The van der Waals surface area contributed by atoms with E-state index in [9.17, 15) is 8.42 Å². The van der Waals surface area contributed by atoms with Gasteiger partial charge in [0.2, 0.25) is 10.0 Å². The third-order valence-corrected chi connectivity index (χ3v) is 5.35. The molecule has 8 heteroatoms. The zero-order valence-corrected chi connectivity index (χ0v) is 16.4. The molecule has 0 radical (unpaired) electrons. The molecule has 0 atom stereocenters. The Hall–Kier alpha value is -2.84. The Bertz CT molecular complexity index is 1130. The zero-order chi connectivity index (χ0) is 19.8. The van der Waals surface area contributed by atoms with E-state index in [4.69, 9.17) is 5.14 Å². The topological polar surface area (TPSA) is 103 Å². The Labute approximate surface area is 158 Å². The fraction of sp³-hybridized carbons (Fsp3) is 0.211. The molecule has 0 bridgehead atoms. The zero-order valence-electron chi connectivity index (χ0n) is 15.6. The molecule has 1 heterocycles. The van der Waals surface area contributed by atoms with Gasteiger partial charge in [0.15, 0.2) is 0 Å². The number of aryl methyl sites for hydroxylation is 3. The number of hydrogen-bond acceptors (Lipinski definition) is 5. The average Bonchev–Trinajstić information content (AvgIpc) is 2.89. The minimum absolute atomic E-state index is 0.0383. The monoisotopic (exact) mass is 383 g/mol. The summed E-state index contributed by atoms with van der Waals surface area (Å²) in [5.74, 6) is 0. The van der Waals surface area contributed by atoms with E-state index in [0.717, 1.165) is 17.1 Å². The van der Waals surface area contributed by atoms with E-state index in [1.165, 1.54) is 23.3 Å². The van der Waals surface area contributed by atoms with Crippen LogP contribution in [0.1, 0.15) is 22.5 Å². The van der Waals surface area contributed by atoms with Crippen LogP contribution in [-0.2, 0) is 10.0 Å². The van der Waals surface area contributed by atoms with E-state index < -0.39 is 10.0 Å². The van der Waals surface area contributed by atoms with Crippen molar-refractivity contribution in [2.24, 2.45) is 15.4 Å². The summed E-state index contributed by atoms with van der Waals surface area (Å²) in [6.45, 7) is 7.95. The van der Waals surface area contributed by atoms with Crippen LogP contribution in [-0.4, -0.2) is 18.2 Å². The third kappa shape index (κ3) is 3.96. The van der Waals surface area contributed by atoms with E-state index in [0.29, 0.717) is 11.4 Å². The van der Waals surface area contributed by atoms with Gasteiger partial charge in [-0.3, -0.25) is 0 Å². The second-order valence-corrected chi connectivity index (χ2v) is 8.00. The SMILES string of the molecule is Cc1ccc(-n2nc(C)c(N=Nc3ccc(S(N)(=O)=O)cc3)c2C)cc1C. The summed E-state index contributed by atoms with van der Waals surface area (Å²) in [4.78, 5) is 0.0383. The summed E-state index contributed by atoms with van der Waals surface area (Å²) < 4.78 is 24.5. The number of azo groups is 1. The van der Waals surface area contributed by atoms with Crippen molar-refractivity contribution < 1.29 is 8.42 Å². The summed E-state index contributed by atoms with van der Waals surface area (Å²) in [5.41, 5.74) is 6.24. The molecule has 0 saturated carbocycles. The number of rotatable bonds is 4. The van der Waals surface area contributed by atoms with Gasteiger partial charge < -0.3 is 0 Å².